The lowest BCUT2D eigenvalue weighted by Crippen LogP contribution is -2.29. The summed E-state index contributed by atoms with van der Waals surface area (Å²) >= 11 is 0. The second-order valence-corrected chi connectivity index (χ2v) is 5.39. The highest BCUT2D eigenvalue weighted by Gasteiger charge is 2.23. The first kappa shape index (κ1) is 15.0. The zero-order valence-electron chi connectivity index (χ0n) is 12.3. The van der Waals surface area contributed by atoms with E-state index in [1.165, 1.54) is 0 Å². The first-order valence-corrected chi connectivity index (χ1v) is 7.25. The Kier molecular flexibility index (Phi) is 5.56. The highest BCUT2D eigenvalue weighted by Crippen LogP contribution is 2.22. The molecule has 1 aliphatic heterocycles. The van der Waals surface area contributed by atoms with Crippen molar-refractivity contribution >= 4 is 6.21 Å². The molecule has 0 bridgehead atoms. The van der Waals surface area contributed by atoms with E-state index in [-0.39, 0.29) is 5.92 Å². The van der Waals surface area contributed by atoms with Crippen molar-refractivity contribution in [1.29, 1.82) is 0 Å². The molecule has 20 heavy (non-hydrogen) atoms. The minimum atomic E-state index is -0.511. The normalized spacial score (nSPS) is 22.4. The van der Waals surface area contributed by atoms with Crippen molar-refractivity contribution in [2.75, 3.05) is 20.3 Å². The molecule has 1 aromatic rings. The molecule has 0 unspecified atom stereocenters. The molecule has 0 amide bonds. The third kappa shape index (κ3) is 3.81. The minimum absolute atomic E-state index is 0.0128. The van der Waals surface area contributed by atoms with Crippen LogP contribution in [0.3, 0.4) is 0 Å². The van der Waals surface area contributed by atoms with Crippen LogP contribution in [0, 0.1) is 5.92 Å². The quantitative estimate of drug-likeness (QED) is 0.812. The van der Waals surface area contributed by atoms with Gasteiger partial charge in [0.25, 0.3) is 0 Å². The molecular formula is C16H24N2O2. The summed E-state index contributed by atoms with van der Waals surface area (Å²) < 4.78 is 5.21. The highest BCUT2D eigenvalue weighted by atomic mass is 16.5. The van der Waals surface area contributed by atoms with Crippen molar-refractivity contribution in [3.05, 3.63) is 35.9 Å². The zero-order valence-corrected chi connectivity index (χ0v) is 12.3. The Hall–Kier alpha value is -1.39. The van der Waals surface area contributed by atoms with Crippen LogP contribution in [0.2, 0.25) is 0 Å². The van der Waals surface area contributed by atoms with Crippen LogP contribution < -0.4 is 0 Å². The fourth-order valence-corrected chi connectivity index (χ4v) is 2.56. The smallest absolute Gasteiger partial charge is 0.0865 e. The summed E-state index contributed by atoms with van der Waals surface area (Å²) in [5, 5.41) is 16.9. The van der Waals surface area contributed by atoms with Crippen molar-refractivity contribution in [2.45, 2.75) is 31.9 Å². The summed E-state index contributed by atoms with van der Waals surface area (Å²) in [6.07, 6.45) is 3.62. The fraction of sp³-hybridized carbons (Fsp3) is 0.562. The van der Waals surface area contributed by atoms with E-state index in [2.05, 4.69) is 10.1 Å². The number of hydrogen-bond donors (Lipinski definition) is 1. The summed E-state index contributed by atoms with van der Waals surface area (Å²) in [4.78, 5) is 0. The fourth-order valence-electron chi connectivity index (χ4n) is 2.56. The molecule has 4 nitrogen and oxygen atoms in total. The van der Waals surface area contributed by atoms with Crippen LogP contribution in [0.5, 0.6) is 0 Å². The van der Waals surface area contributed by atoms with E-state index in [4.69, 9.17) is 4.74 Å². The van der Waals surface area contributed by atoms with Gasteiger partial charge in [0.15, 0.2) is 0 Å². The Labute approximate surface area is 121 Å². The lowest BCUT2D eigenvalue weighted by atomic mass is 9.99. The maximum atomic E-state index is 10.3. The average Bonchev–Trinajstić information content (AvgIpc) is 2.92. The number of rotatable bonds is 6. The molecule has 0 saturated carbocycles. The maximum Gasteiger partial charge on any atom is 0.0865 e. The second-order valence-electron chi connectivity index (χ2n) is 5.39. The number of nitrogens with zero attached hydrogens (tertiary/aromatic N) is 2. The Morgan fingerprint density at radius 1 is 1.45 bits per heavy atom. The first-order chi connectivity index (χ1) is 9.72. The standard InChI is InChI=1S/C16H24N2O2/c1-13(16(19)14-7-4-3-5-8-14)11-17-18-10-6-9-15(18)12-20-2/h3-5,7-8,11,13,15-16,19H,6,9-10,12H2,1-2H3/b17-11+/t13-,15-,16+/m0/s1. The van der Waals surface area contributed by atoms with Gasteiger partial charge in [0.2, 0.25) is 0 Å². The van der Waals surface area contributed by atoms with E-state index in [1.807, 2.05) is 43.5 Å². The van der Waals surface area contributed by atoms with E-state index in [0.29, 0.717) is 12.6 Å². The molecule has 0 radical (unpaired) electrons. The predicted octanol–water partition coefficient (Wildman–Crippen LogP) is 2.45. The number of hydrazone groups is 1. The Bertz CT molecular complexity index is 422. The molecule has 3 atom stereocenters. The SMILES string of the molecule is COC[C@@H]1CCCN1/N=C/[C@H](C)[C@@H](O)c1ccccc1. The lowest BCUT2D eigenvalue weighted by molar-refractivity contribution is 0.116. The molecule has 1 heterocycles. The van der Waals surface area contributed by atoms with Crippen LogP contribution >= 0.6 is 0 Å². The van der Waals surface area contributed by atoms with Crippen LogP contribution in [0.25, 0.3) is 0 Å². The second kappa shape index (κ2) is 7.41. The van der Waals surface area contributed by atoms with Crippen molar-refractivity contribution in [1.82, 2.24) is 5.01 Å². The van der Waals surface area contributed by atoms with E-state index < -0.39 is 6.10 Å². The minimum Gasteiger partial charge on any atom is -0.388 e. The van der Waals surface area contributed by atoms with Gasteiger partial charge in [-0.15, -0.1) is 0 Å². The average molecular weight is 276 g/mol. The van der Waals surface area contributed by atoms with Crippen molar-refractivity contribution in [3.63, 3.8) is 0 Å². The van der Waals surface area contributed by atoms with Gasteiger partial charge in [-0.05, 0) is 18.4 Å². The third-order valence-corrected chi connectivity index (χ3v) is 3.79. The van der Waals surface area contributed by atoms with E-state index in [1.54, 1.807) is 7.11 Å². The molecule has 1 N–H and O–H groups in total. The lowest BCUT2D eigenvalue weighted by Gasteiger charge is -2.22. The van der Waals surface area contributed by atoms with E-state index in [0.717, 1.165) is 24.9 Å². The zero-order chi connectivity index (χ0) is 14.4. The van der Waals surface area contributed by atoms with Crippen LogP contribution in [0.15, 0.2) is 35.4 Å². The van der Waals surface area contributed by atoms with Crippen LogP contribution in [0.4, 0.5) is 0 Å². The summed E-state index contributed by atoms with van der Waals surface area (Å²) in [5.74, 6) is -0.0128. The van der Waals surface area contributed by atoms with Crippen molar-refractivity contribution in [3.8, 4) is 0 Å². The molecule has 1 aromatic carbocycles. The Morgan fingerprint density at radius 3 is 2.90 bits per heavy atom. The van der Waals surface area contributed by atoms with Crippen molar-refractivity contribution < 1.29 is 9.84 Å². The summed E-state index contributed by atoms with van der Waals surface area (Å²) in [6.45, 7) is 3.67. The van der Waals surface area contributed by atoms with Gasteiger partial charge in [0.1, 0.15) is 0 Å². The first-order valence-electron chi connectivity index (χ1n) is 7.25. The molecule has 1 aliphatic rings. The largest absolute Gasteiger partial charge is 0.388 e. The van der Waals surface area contributed by atoms with Gasteiger partial charge >= 0.3 is 0 Å². The number of benzene rings is 1. The number of aliphatic hydroxyl groups excluding tert-OH is 1. The summed E-state index contributed by atoms with van der Waals surface area (Å²) in [7, 11) is 1.72. The van der Waals surface area contributed by atoms with Gasteiger partial charge in [-0.2, -0.15) is 5.10 Å². The molecule has 4 heteroatoms. The molecule has 0 spiro atoms. The Balaban J connectivity index is 1.93. The van der Waals surface area contributed by atoms with Gasteiger partial charge in [0, 0.05) is 25.8 Å². The molecule has 2 rings (SSSR count). The molecular weight excluding hydrogens is 252 g/mol. The number of ether oxygens (including phenoxy) is 1. The topological polar surface area (TPSA) is 45.1 Å². The van der Waals surface area contributed by atoms with E-state index >= 15 is 0 Å². The van der Waals surface area contributed by atoms with Crippen LogP contribution in [-0.4, -0.2) is 42.6 Å². The van der Waals surface area contributed by atoms with Gasteiger partial charge in [-0.1, -0.05) is 37.3 Å². The molecule has 1 fully saturated rings. The van der Waals surface area contributed by atoms with Gasteiger partial charge < -0.3 is 9.84 Å². The molecule has 0 aliphatic carbocycles. The van der Waals surface area contributed by atoms with Gasteiger partial charge in [0.05, 0.1) is 18.8 Å². The molecule has 0 aromatic heterocycles. The van der Waals surface area contributed by atoms with E-state index in [9.17, 15) is 5.11 Å². The van der Waals surface area contributed by atoms with Gasteiger partial charge in [-0.25, -0.2) is 0 Å². The number of aliphatic hydroxyl groups is 1. The summed E-state index contributed by atoms with van der Waals surface area (Å²) in [6, 6.07) is 10.1. The highest BCUT2D eigenvalue weighted by molar-refractivity contribution is 5.61. The maximum absolute atomic E-state index is 10.3. The van der Waals surface area contributed by atoms with Crippen LogP contribution in [0.1, 0.15) is 31.4 Å². The van der Waals surface area contributed by atoms with Gasteiger partial charge in [-0.3, -0.25) is 5.01 Å². The number of methoxy groups -OCH3 is 1. The van der Waals surface area contributed by atoms with Crippen LogP contribution in [-0.2, 0) is 4.74 Å². The Morgan fingerprint density at radius 2 is 2.20 bits per heavy atom. The molecule has 1 saturated heterocycles. The predicted molar refractivity (Wildman–Crippen MR) is 80.7 cm³/mol. The molecule has 110 valence electrons. The van der Waals surface area contributed by atoms with Crippen molar-refractivity contribution in [2.24, 2.45) is 11.0 Å². The summed E-state index contributed by atoms with van der Waals surface area (Å²) in [5.41, 5.74) is 0.932. The number of hydrogen-bond acceptors (Lipinski definition) is 4. The third-order valence-electron chi connectivity index (χ3n) is 3.79. The monoisotopic (exact) mass is 276 g/mol.